The smallest absolute Gasteiger partial charge is 0.222 e. The summed E-state index contributed by atoms with van der Waals surface area (Å²) < 4.78 is 0. The van der Waals surface area contributed by atoms with Crippen molar-refractivity contribution in [1.29, 1.82) is 0 Å². The first-order valence-electron chi connectivity index (χ1n) is 5.89. The van der Waals surface area contributed by atoms with Crippen LogP contribution in [0.2, 0.25) is 10.0 Å². The van der Waals surface area contributed by atoms with E-state index >= 15 is 0 Å². The maximum Gasteiger partial charge on any atom is 0.222 e. The molecule has 19 heavy (non-hydrogen) atoms. The van der Waals surface area contributed by atoms with Crippen LogP contribution in [0.3, 0.4) is 0 Å². The van der Waals surface area contributed by atoms with Crippen molar-refractivity contribution >= 4 is 35.0 Å². The van der Waals surface area contributed by atoms with Crippen molar-refractivity contribution < 1.29 is 9.59 Å². The summed E-state index contributed by atoms with van der Waals surface area (Å²) in [4.78, 5) is 22.3. The van der Waals surface area contributed by atoms with Crippen molar-refractivity contribution in [2.75, 3.05) is 6.54 Å². The second kappa shape index (κ2) is 7.36. The highest BCUT2D eigenvalue weighted by Gasteiger charge is 2.10. The van der Waals surface area contributed by atoms with Gasteiger partial charge in [0.2, 0.25) is 11.8 Å². The number of hydrogen-bond acceptors (Lipinski definition) is 2. The summed E-state index contributed by atoms with van der Waals surface area (Å²) in [7, 11) is 0. The molecule has 1 aromatic rings. The van der Waals surface area contributed by atoms with Gasteiger partial charge in [0, 0.05) is 19.9 Å². The van der Waals surface area contributed by atoms with Crippen LogP contribution < -0.4 is 10.6 Å². The van der Waals surface area contributed by atoms with E-state index in [0.717, 1.165) is 5.56 Å². The molecule has 0 spiro atoms. The first-order chi connectivity index (χ1) is 8.90. The fourth-order valence-corrected chi connectivity index (χ4v) is 1.84. The second-order valence-corrected chi connectivity index (χ2v) is 5.01. The Morgan fingerprint density at radius 2 is 1.95 bits per heavy atom. The lowest BCUT2D eigenvalue weighted by Crippen LogP contribution is -2.31. The minimum absolute atomic E-state index is 0.132. The summed E-state index contributed by atoms with van der Waals surface area (Å²) in [6, 6.07) is 5.06. The van der Waals surface area contributed by atoms with Gasteiger partial charge in [0.05, 0.1) is 16.1 Å². The summed E-state index contributed by atoms with van der Waals surface area (Å²) in [6.07, 6.45) is 0.241. The standard InChI is InChI=1S/C13H16Cl2N2O2/c1-8(10-3-4-11(14)12(15)7-10)17-13(19)5-6-16-9(2)18/h3-4,7-8H,5-6H2,1-2H3,(H,16,18)(H,17,19)/t8-/m0/s1. The van der Waals surface area contributed by atoms with Gasteiger partial charge in [0.25, 0.3) is 0 Å². The molecule has 0 aliphatic rings. The lowest BCUT2D eigenvalue weighted by molar-refractivity contribution is -0.122. The van der Waals surface area contributed by atoms with Crippen LogP contribution in [0.25, 0.3) is 0 Å². The molecule has 2 N–H and O–H groups in total. The molecule has 0 fully saturated rings. The van der Waals surface area contributed by atoms with E-state index in [2.05, 4.69) is 10.6 Å². The van der Waals surface area contributed by atoms with E-state index in [1.54, 1.807) is 12.1 Å². The number of rotatable bonds is 5. The minimum Gasteiger partial charge on any atom is -0.356 e. The maximum absolute atomic E-state index is 11.6. The molecule has 6 heteroatoms. The number of carbonyl (C=O) groups is 2. The van der Waals surface area contributed by atoms with Gasteiger partial charge in [-0.25, -0.2) is 0 Å². The van der Waals surface area contributed by atoms with Gasteiger partial charge >= 0.3 is 0 Å². The third kappa shape index (κ3) is 5.49. The molecule has 0 heterocycles. The maximum atomic E-state index is 11.6. The lowest BCUT2D eigenvalue weighted by Gasteiger charge is -2.15. The number of benzene rings is 1. The van der Waals surface area contributed by atoms with Crippen LogP contribution in [-0.4, -0.2) is 18.4 Å². The SMILES string of the molecule is CC(=O)NCCC(=O)N[C@@H](C)c1ccc(Cl)c(Cl)c1. The van der Waals surface area contributed by atoms with E-state index in [0.29, 0.717) is 16.6 Å². The average Bonchev–Trinajstić information content (AvgIpc) is 2.32. The molecule has 0 saturated heterocycles. The molecule has 0 radical (unpaired) electrons. The first-order valence-corrected chi connectivity index (χ1v) is 6.64. The van der Waals surface area contributed by atoms with Crippen LogP contribution in [0.4, 0.5) is 0 Å². The molecule has 2 amide bonds. The molecule has 0 bridgehead atoms. The Kier molecular flexibility index (Phi) is 6.12. The quantitative estimate of drug-likeness (QED) is 0.878. The lowest BCUT2D eigenvalue weighted by atomic mass is 10.1. The van der Waals surface area contributed by atoms with E-state index < -0.39 is 0 Å². The summed E-state index contributed by atoms with van der Waals surface area (Å²) in [5.74, 6) is -0.280. The van der Waals surface area contributed by atoms with Crippen LogP contribution in [0.15, 0.2) is 18.2 Å². The van der Waals surface area contributed by atoms with Gasteiger partial charge in [0.1, 0.15) is 0 Å². The first kappa shape index (κ1) is 15.8. The van der Waals surface area contributed by atoms with Gasteiger partial charge in [-0.05, 0) is 24.6 Å². The molecule has 0 unspecified atom stereocenters. The van der Waals surface area contributed by atoms with Crippen LogP contribution >= 0.6 is 23.2 Å². The molecule has 0 aliphatic heterocycles. The predicted octanol–water partition coefficient (Wildman–Crippen LogP) is 2.70. The highest BCUT2D eigenvalue weighted by atomic mass is 35.5. The van der Waals surface area contributed by atoms with Crippen molar-refractivity contribution in [3.8, 4) is 0 Å². The Labute approximate surface area is 122 Å². The van der Waals surface area contributed by atoms with Crippen LogP contribution in [0.1, 0.15) is 31.9 Å². The molecular weight excluding hydrogens is 287 g/mol. The van der Waals surface area contributed by atoms with E-state index in [9.17, 15) is 9.59 Å². The predicted molar refractivity (Wildman–Crippen MR) is 76.3 cm³/mol. The van der Waals surface area contributed by atoms with Gasteiger partial charge in [0.15, 0.2) is 0 Å². The number of carbonyl (C=O) groups excluding carboxylic acids is 2. The average molecular weight is 303 g/mol. The van der Waals surface area contributed by atoms with Crippen molar-refractivity contribution in [2.45, 2.75) is 26.3 Å². The Bertz CT molecular complexity index is 478. The topological polar surface area (TPSA) is 58.2 Å². The van der Waals surface area contributed by atoms with Crippen molar-refractivity contribution in [2.24, 2.45) is 0 Å². The summed E-state index contributed by atoms with van der Waals surface area (Å²) >= 11 is 11.8. The molecular formula is C13H16Cl2N2O2. The zero-order chi connectivity index (χ0) is 14.4. The molecule has 0 aliphatic carbocycles. The summed E-state index contributed by atoms with van der Waals surface area (Å²) in [5.41, 5.74) is 0.877. The number of hydrogen-bond donors (Lipinski definition) is 2. The Balaban J connectivity index is 2.49. The normalized spacial score (nSPS) is 11.8. The second-order valence-electron chi connectivity index (χ2n) is 4.20. The van der Waals surface area contributed by atoms with Gasteiger partial charge in [-0.2, -0.15) is 0 Å². The van der Waals surface area contributed by atoms with Crippen molar-refractivity contribution in [3.05, 3.63) is 33.8 Å². The van der Waals surface area contributed by atoms with Gasteiger partial charge in [-0.3, -0.25) is 9.59 Å². The molecule has 0 saturated carbocycles. The zero-order valence-corrected chi connectivity index (χ0v) is 12.3. The number of nitrogens with one attached hydrogen (secondary N) is 2. The van der Waals surface area contributed by atoms with Gasteiger partial charge in [-0.15, -0.1) is 0 Å². The fourth-order valence-electron chi connectivity index (χ4n) is 1.53. The highest BCUT2D eigenvalue weighted by molar-refractivity contribution is 6.42. The van der Waals surface area contributed by atoms with E-state index in [4.69, 9.17) is 23.2 Å². The third-order valence-electron chi connectivity index (χ3n) is 2.55. The van der Waals surface area contributed by atoms with E-state index in [1.807, 2.05) is 13.0 Å². The molecule has 0 aromatic heterocycles. The summed E-state index contributed by atoms with van der Waals surface area (Å²) in [6.45, 7) is 3.60. The molecule has 1 atom stereocenters. The highest BCUT2D eigenvalue weighted by Crippen LogP contribution is 2.25. The largest absolute Gasteiger partial charge is 0.356 e. The molecule has 104 valence electrons. The molecule has 1 rings (SSSR count). The third-order valence-corrected chi connectivity index (χ3v) is 3.29. The summed E-state index contributed by atoms with van der Waals surface area (Å²) in [5, 5.41) is 6.33. The fraction of sp³-hybridized carbons (Fsp3) is 0.385. The zero-order valence-electron chi connectivity index (χ0n) is 10.8. The Morgan fingerprint density at radius 3 is 2.53 bits per heavy atom. The van der Waals surface area contributed by atoms with Crippen molar-refractivity contribution in [3.63, 3.8) is 0 Å². The van der Waals surface area contributed by atoms with Crippen LogP contribution in [0, 0.1) is 0 Å². The number of halogens is 2. The minimum atomic E-state index is -0.167. The van der Waals surface area contributed by atoms with Gasteiger partial charge < -0.3 is 10.6 Å². The van der Waals surface area contributed by atoms with Crippen LogP contribution in [0.5, 0.6) is 0 Å². The number of amides is 2. The Morgan fingerprint density at radius 1 is 1.26 bits per heavy atom. The van der Waals surface area contributed by atoms with Crippen LogP contribution in [-0.2, 0) is 9.59 Å². The van der Waals surface area contributed by atoms with E-state index in [-0.39, 0.29) is 24.3 Å². The van der Waals surface area contributed by atoms with Gasteiger partial charge in [-0.1, -0.05) is 29.3 Å². The molecule has 1 aromatic carbocycles. The molecule has 4 nitrogen and oxygen atoms in total. The van der Waals surface area contributed by atoms with Crippen molar-refractivity contribution in [1.82, 2.24) is 10.6 Å². The Hall–Kier alpha value is -1.26. The monoisotopic (exact) mass is 302 g/mol. The van der Waals surface area contributed by atoms with E-state index in [1.165, 1.54) is 6.92 Å².